The zero-order valence-corrected chi connectivity index (χ0v) is 12.0. The van der Waals surface area contributed by atoms with Crippen LogP contribution in [-0.2, 0) is 6.42 Å². The standard InChI is InChI=1S/C15H11BrN2O2/c16-11-4-2-1-3-9(11)8-14-17-12-6-5-10(15(19)20)7-13(12)18-14/h1-7H,8H2,(H,17,18)(H,19,20). The summed E-state index contributed by atoms with van der Waals surface area (Å²) in [4.78, 5) is 18.6. The maximum atomic E-state index is 10.9. The first-order chi connectivity index (χ1) is 9.63. The quantitative estimate of drug-likeness (QED) is 0.770. The van der Waals surface area contributed by atoms with Crippen molar-refractivity contribution < 1.29 is 9.90 Å². The van der Waals surface area contributed by atoms with E-state index >= 15 is 0 Å². The minimum atomic E-state index is -0.936. The minimum absolute atomic E-state index is 0.258. The molecule has 0 aliphatic heterocycles. The van der Waals surface area contributed by atoms with Crippen LogP contribution in [0.1, 0.15) is 21.7 Å². The number of aromatic carboxylic acids is 1. The molecule has 0 bridgehead atoms. The van der Waals surface area contributed by atoms with Crippen LogP contribution in [0.4, 0.5) is 0 Å². The van der Waals surface area contributed by atoms with Gasteiger partial charge in [0.1, 0.15) is 5.82 Å². The van der Waals surface area contributed by atoms with Gasteiger partial charge in [-0.2, -0.15) is 0 Å². The Labute approximate surface area is 123 Å². The number of carboxylic acids is 1. The molecule has 1 aromatic heterocycles. The topological polar surface area (TPSA) is 66.0 Å². The van der Waals surface area contributed by atoms with Gasteiger partial charge in [0.15, 0.2) is 0 Å². The summed E-state index contributed by atoms with van der Waals surface area (Å²) in [7, 11) is 0. The first-order valence-corrected chi connectivity index (χ1v) is 6.88. The highest BCUT2D eigenvalue weighted by Crippen LogP contribution is 2.20. The summed E-state index contributed by atoms with van der Waals surface area (Å²) in [5, 5.41) is 8.98. The number of hydrogen-bond acceptors (Lipinski definition) is 2. The number of carboxylic acid groups (broad SMARTS) is 1. The molecule has 0 radical (unpaired) electrons. The number of carbonyl (C=O) groups is 1. The fraction of sp³-hybridized carbons (Fsp3) is 0.0667. The molecular formula is C15H11BrN2O2. The maximum Gasteiger partial charge on any atom is 0.335 e. The summed E-state index contributed by atoms with van der Waals surface area (Å²) >= 11 is 3.51. The van der Waals surface area contributed by atoms with Crippen LogP contribution in [0.5, 0.6) is 0 Å². The number of fused-ring (bicyclic) bond motifs is 1. The molecular weight excluding hydrogens is 320 g/mol. The van der Waals surface area contributed by atoms with Crippen molar-refractivity contribution in [3.8, 4) is 0 Å². The molecule has 0 unspecified atom stereocenters. The molecule has 3 rings (SSSR count). The number of nitrogens with one attached hydrogen (secondary N) is 1. The molecule has 100 valence electrons. The smallest absolute Gasteiger partial charge is 0.335 e. The zero-order chi connectivity index (χ0) is 14.1. The first kappa shape index (κ1) is 12.9. The van der Waals surface area contributed by atoms with Crippen LogP contribution in [0.3, 0.4) is 0 Å². The molecule has 3 aromatic rings. The fourth-order valence-corrected chi connectivity index (χ4v) is 2.53. The van der Waals surface area contributed by atoms with Crippen LogP contribution >= 0.6 is 15.9 Å². The van der Waals surface area contributed by atoms with Gasteiger partial charge < -0.3 is 10.1 Å². The van der Waals surface area contributed by atoms with Crippen molar-refractivity contribution >= 4 is 32.9 Å². The Hall–Kier alpha value is -2.14. The number of hydrogen-bond donors (Lipinski definition) is 2. The van der Waals surface area contributed by atoms with Gasteiger partial charge in [0.2, 0.25) is 0 Å². The highest BCUT2D eigenvalue weighted by Gasteiger charge is 2.09. The van der Waals surface area contributed by atoms with Crippen molar-refractivity contribution in [3.63, 3.8) is 0 Å². The van der Waals surface area contributed by atoms with Gasteiger partial charge in [-0.3, -0.25) is 0 Å². The lowest BCUT2D eigenvalue weighted by Gasteiger charge is -2.00. The van der Waals surface area contributed by atoms with E-state index < -0.39 is 5.97 Å². The summed E-state index contributed by atoms with van der Waals surface area (Å²) < 4.78 is 1.03. The lowest BCUT2D eigenvalue weighted by atomic mass is 10.1. The normalized spacial score (nSPS) is 10.8. The van der Waals surface area contributed by atoms with Gasteiger partial charge in [0.05, 0.1) is 16.6 Å². The number of benzene rings is 2. The Bertz CT molecular complexity index is 795. The highest BCUT2D eigenvalue weighted by molar-refractivity contribution is 9.10. The Morgan fingerprint density at radius 1 is 1.25 bits per heavy atom. The average Bonchev–Trinajstić information content (AvgIpc) is 2.82. The lowest BCUT2D eigenvalue weighted by molar-refractivity contribution is 0.0697. The maximum absolute atomic E-state index is 10.9. The van der Waals surface area contributed by atoms with E-state index in [4.69, 9.17) is 5.11 Å². The van der Waals surface area contributed by atoms with Gasteiger partial charge in [-0.15, -0.1) is 0 Å². The van der Waals surface area contributed by atoms with E-state index in [-0.39, 0.29) is 5.56 Å². The zero-order valence-electron chi connectivity index (χ0n) is 10.4. The summed E-state index contributed by atoms with van der Waals surface area (Å²) in [6.45, 7) is 0. The van der Waals surface area contributed by atoms with E-state index in [0.29, 0.717) is 6.42 Å². The SMILES string of the molecule is O=C(O)c1ccc2nc(Cc3ccccc3Br)[nH]c2c1. The highest BCUT2D eigenvalue weighted by atomic mass is 79.9. The molecule has 0 saturated heterocycles. The molecule has 0 aliphatic rings. The Balaban J connectivity index is 1.97. The molecule has 0 aliphatic carbocycles. The van der Waals surface area contributed by atoms with Crippen LogP contribution in [-0.4, -0.2) is 21.0 Å². The molecule has 0 amide bonds. The lowest BCUT2D eigenvalue weighted by Crippen LogP contribution is -1.94. The second-order valence-electron chi connectivity index (χ2n) is 4.49. The van der Waals surface area contributed by atoms with Crippen LogP contribution in [0.2, 0.25) is 0 Å². The van der Waals surface area contributed by atoms with Crippen molar-refractivity contribution in [2.24, 2.45) is 0 Å². The molecule has 20 heavy (non-hydrogen) atoms. The number of imidazole rings is 1. The number of aromatic nitrogens is 2. The Morgan fingerprint density at radius 3 is 2.80 bits per heavy atom. The number of halogens is 1. The minimum Gasteiger partial charge on any atom is -0.478 e. The third-order valence-corrected chi connectivity index (χ3v) is 3.87. The van der Waals surface area contributed by atoms with Crippen molar-refractivity contribution in [2.75, 3.05) is 0 Å². The van der Waals surface area contributed by atoms with Gasteiger partial charge in [0, 0.05) is 10.9 Å². The van der Waals surface area contributed by atoms with Crippen LogP contribution in [0, 0.1) is 0 Å². The molecule has 0 fully saturated rings. The molecule has 5 heteroatoms. The average molecular weight is 331 g/mol. The van der Waals surface area contributed by atoms with Crippen LogP contribution in [0.25, 0.3) is 11.0 Å². The molecule has 0 spiro atoms. The van der Waals surface area contributed by atoms with Crippen molar-refractivity contribution in [1.82, 2.24) is 9.97 Å². The number of H-pyrrole nitrogens is 1. The van der Waals surface area contributed by atoms with Crippen molar-refractivity contribution in [3.05, 3.63) is 63.9 Å². The van der Waals surface area contributed by atoms with Gasteiger partial charge in [-0.25, -0.2) is 9.78 Å². The summed E-state index contributed by atoms with van der Waals surface area (Å²) in [6.07, 6.45) is 0.665. The van der Waals surface area contributed by atoms with Crippen molar-refractivity contribution in [1.29, 1.82) is 0 Å². The van der Waals surface area contributed by atoms with E-state index in [0.717, 1.165) is 26.9 Å². The van der Waals surface area contributed by atoms with Gasteiger partial charge in [0.25, 0.3) is 0 Å². The summed E-state index contributed by atoms with van der Waals surface area (Å²) in [5.74, 6) is -0.122. The molecule has 4 nitrogen and oxygen atoms in total. The summed E-state index contributed by atoms with van der Waals surface area (Å²) in [6, 6.07) is 12.8. The first-order valence-electron chi connectivity index (χ1n) is 6.09. The predicted octanol–water partition coefficient (Wildman–Crippen LogP) is 3.61. The van der Waals surface area contributed by atoms with Crippen LogP contribution < -0.4 is 0 Å². The molecule has 0 atom stereocenters. The monoisotopic (exact) mass is 330 g/mol. The molecule has 2 aromatic carbocycles. The van der Waals surface area contributed by atoms with Gasteiger partial charge in [-0.1, -0.05) is 34.1 Å². The number of nitrogens with zero attached hydrogens (tertiary/aromatic N) is 1. The van der Waals surface area contributed by atoms with E-state index in [9.17, 15) is 4.79 Å². The van der Waals surface area contributed by atoms with E-state index in [1.807, 2.05) is 24.3 Å². The summed E-state index contributed by atoms with van der Waals surface area (Å²) in [5.41, 5.74) is 2.91. The predicted molar refractivity (Wildman–Crippen MR) is 80.0 cm³/mol. The largest absolute Gasteiger partial charge is 0.478 e. The molecule has 0 saturated carbocycles. The second-order valence-corrected chi connectivity index (χ2v) is 5.34. The Morgan fingerprint density at radius 2 is 2.05 bits per heavy atom. The van der Waals surface area contributed by atoms with Crippen LogP contribution in [0.15, 0.2) is 46.9 Å². The third-order valence-electron chi connectivity index (χ3n) is 3.09. The number of aromatic amines is 1. The van der Waals surface area contributed by atoms with Crippen molar-refractivity contribution in [2.45, 2.75) is 6.42 Å². The van der Waals surface area contributed by atoms with E-state index in [1.54, 1.807) is 18.2 Å². The molecule has 1 heterocycles. The van der Waals surface area contributed by atoms with E-state index in [2.05, 4.69) is 25.9 Å². The second kappa shape index (κ2) is 5.09. The Kier molecular flexibility index (Phi) is 3.28. The van der Waals surface area contributed by atoms with E-state index in [1.165, 1.54) is 0 Å². The number of rotatable bonds is 3. The molecule has 2 N–H and O–H groups in total. The fourth-order valence-electron chi connectivity index (χ4n) is 2.10. The van der Waals surface area contributed by atoms with Gasteiger partial charge >= 0.3 is 5.97 Å². The van der Waals surface area contributed by atoms with Gasteiger partial charge in [-0.05, 0) is 29.8 Å². The third kappa shape index (κ3) is 2.44.